The van der Waals surface area contributed by atoms with Crippen molar-refractivity contribution in [3.63, 3.8) is 0 Å². The van der Waals surface area contributed by atoms with Gasteiger partial charge >= 0.3 is 0 Å². The number of nitrogens with one attached hydrogen (secondary N) is 1. The van der Waals surface area contributed by atoms with E-state index in [2.05, 4.69) is 16.0 Å². The van der Waals surface area contributed by atoms with Crippen LogP contribution in [0, 0.1) is 6.92 Å². The Balaban J connectivity index is 1.70. The van der Waals surface area contributed by atoms with Gasteiger partial charge in [0.15, 0.2) is 0 Å². The lowest BCUT2D eigenvalue weighted by atomic mass is 10.0. The van der Waals surface area contributed by atoms with E-state index in [1.54, 1.807) is 4.90 Å². The van der Waals surface area contributed by atoms with Crippen LogP contribution in [0.4, 0.5) is 0 Å². The highest BCUT2D eigenvalue weighted by atomic mass is 32.2. The van der Waals surface area contributed by atoms with Gasteiger partial charge in [-0.3, -0.25) is 9.59 Å². The van der Waals surface area contributed by atoms with Crippen LogP contribution >= 0.6 is 11.8 Å². The molecule has 1 N–H and O–H groups in total. The summed E-state index contributed by atoms with van der Waals surface area (Å²) in [7, 11) is 2.01. The second-order valence-electron chi connectivity index (χ2n) is 9.06. The van der Waals surface area contributed by atoms with Gasteiger partial charge in [0, 0.05) is 43.2 Å². The van der Waals surface area contributed by atoms with E-state index in [0.717, 1.165) is 39.0 Å². The number of nitrogens with zero attached hydrogens (tertiary/aromatic N) is 2. The lowest BCUT2D eigenvalue weighted by molar-refractivity contribution is -0.139. The van der Waals surface area contributed by atoms with Crippen LogP contribution in [0.3, 0.4) is 0 Å². The molecule has 1 aromatic heterocycles. The van der Waals surface area contributed by atoms with E-state index >= 15 is 0 Å². The third-order valence-corrected chi connectivity index (χ3v) is 7.28. The summed E-state index contributed by atoms with van der Waals surface area (Å²) in [6.07, 6.45) is 0.884. The van der Waals surface area contributed by atoms with Crippen molar-refractivity contribution < 1.29 is 14.3 Å². The summed E-state index contributed by atoms with van der Waals surface area (Å²) in [5.41, 5.74) is 4.15. The Morgan fingerprint density at radius 3 is 2.65 bits per heavy atom. The normalized spacial score (nSPS) is 16.1. The minimum absolute atomic E-state index is 0.0332. The van der Waals surface area contributed by atoms with Gasteiger partial charge in [0.2, 0.25) is 11.8 Å². The number of fused-ring (bicyclic) bond motifs is 3. The molecule has 180 valence electrons. The predicted octanol–water partition coefficient (Wildman–Crippen LogP) is 4.59. The Labute approximate surface area is 205 Å². The Bertz CT molecular complexity index is 1170. The SMILES string of the molecule is Cc1ccc(CN2C(=O)CSc3c(c4ccccc4n3C)C2C(=O)NCCCOC(C)C)cc1. The molecule has 0 bridgehead atoms. The summed E-state index contributed by atoms with van der Waals surface area (Å²) in [4.78, 5) is 28.8. The average molecular weight is 480 g/mol. The van der Waals surface area contributed by atoms with Crippen LogP contribution in [-0.4, -0.2) is 46.3 Å². The number of hydrogen-bond donors (Lipinski definition) is 1. The first-order chi connectivity index (χ1) is 16.4. The van der Waals surface area contributed by atoms with E-state index in [-0.39, 0.29) is 17.9 Å². The van der Waals surface area contributed by atoms with Gasteiger partial charge in [-0.25, -0.2) is 0 Å². The fourth-order valence-electron chi connectivity index (χ4n) is 4.39. The first-order valence-electron chi connectivity index (χ1n) is 11.8. The van der Waals surface area contributed by atoms with Crippen LogP contribution in [0.15, 0.2) is 53.6 Å². The molecule has 0 aliphatic carbocycles. The number of ether oxygens (including phenoxy) is 1. The molecule has 0 saturated carbocycles. The summed E-state index contributed by atoms with van der Waals surface area (Å²) in [6.45, 7) is 7.51. The van der Waals surface area contributed by atoms with Crippen molar-refractivity contribution in [1.82, 2.24) is 14.8 Å². The molecule has 1 atom stereocenters. The van der Waals surface area contributed by atoms with E-state index in [0.29, 0.717) is 25.4 Å². The molecule has 2 aromatic carbocycles. The van der Waals surface area contributed by atoms with Crippen LogP contribution in [0.5, 0.6) is 0 Å². The second kappa shape index (κ2) is 10.7. The van der Waals surface area contributed by atoms with Crippen molar-refractivity contribution in [1.29, 1.82) is 0 Å². The molecule has 3 aromatic rings. The van der Waals surface area contributed by atoms with E-state index < -0.39 is 6.04 Å². The maximum Gasteiger partial charge on any atom is 0.247 e. The van der Waals surface area contributed by atoms with E-state index in [1.807, 2.05) is 70.3 Å². The Hall–Kier alpha value is -2.77. The molecule has 4 rings (SSSR count). The maximum atomic E-state index is 13.7. The summed E-state index contributed by atoms with van der Waals surface area (Å²) in [5, 5.41) is 5.07. The summed E-state index contributed by atoms with van der Waals surface area (Å²) in [6, 6.07) is 15.6. The van der Waals surface area contributed by atoms with Crippen molar-refractivity contribution in [2.75, 3.05) is 18.9 Å². The smallest absolute Gasteiger partial charge is 0.247 e. The minimum atomic E-state index is -0.698. The highest BCUT2D eigenvalue weighted by Crippen LogP contribution is 2.42. The van der Waals surface area contributed by atoms with Gasteiger partial charge in [0.25, 0.3) is 0 Å². The molecule has 1 unspecified atom stereocenters. The predicted molar refractivity (Wildman–Crippen MR) is 137 cm³/mol. The molecule has 0 saturated heterocycles. The number of rotatable bonds is 8. The largest absolute Gasteiger partial charge is 0.379 e. The van der Waals surface area contributed by atoms with Crippen molar-refractivity contribution in [2.45, 2.75) is 50.9 Å². The van der Waals surface area contributed by atoms with Gasteiger partial charge in [-0.05, 0) is 38.8 Å². The number of aromatic nitrogens is 1. The zero-order valence-electron chi connectivity index (χ0n) is 20.3. The van der Waals surface area contributed by atoms with Gasteiger partial charge in [0.05, 0.1) is 16.9 Å². The molecular weight excluding hydrogens is 446 g/mol. The van der Waals surface area contributed by atoms with E-state index in [4.69, 9.17) is 4.74 Å². The Morgan fingerprint density at radius 1 is 1.18 bits per heavy atom. The quantitative estimate of drug-likeness (QED) is 0.480. The van der Waals surface area contributed by atoms with E-state index in [9.17, 15) is 9.59 Å². The summed E-state index contributed by atoms with van der Waals surface area (Å²) < 4.78 is 7.72. The standard InChI is InChI=1S/C27H33N3O3S/c1-18(2)33-15-7-14-28-26(32)25-24-21-8-5-6-9-22(21)29(4)27(24)34-17-23(31)30(25)16-20-12-10-19(3)11-13-20/h5-6,8-13,18,25H,7,14-17H2,1-4H3,(H,28,32). The molecule has 7 heteroatoms. The molecule has 6 nitrogen and oxygen atoms in total. The third kappa shape index (κ3) is 5.15. The van der Waals surface area contributed by atoms with Crippen molar-refractivity contribution in [2.24, 2.45) is 7.05 Å². The molecule has 2 heterocycles. The fourth-order valence-corrected chi connectivity index (χ4v) is 5.49. The number of benzene rings is 2. The number of carbonyl (C=O) groups is 2. The lowest BCUT2D eigenvalue weighted by Gasteiger charge is -2.30. The van der Waals surface area contributed by atoms with Crippen molar-refractivity contribution in [3.05, 3.63) is 65.2 Å². The number of carbonyl (C=O) groups excluding carboxylic acids is 2. The van der Waals surface area contributed by atoms with Crippen LogP contribution < -0.4 is 5.32 Å². The van der Waals surface area contributed by atoms with Gasteiger partial charge in [-0.2, -0.15) is 0 Å². The van der Waals surface area contributed by atoms with Gasteiger partial charge in [-0.15, -0.1) is 0 Å². The molecule has 0 fully saturated rings. The van der Waals surface area contributed by atoms with Crippen LogP contribution in [0.2, 0.25) is 0 Å². The first kappa shape index (κ1) is 24.4. The number of hydrogen-bond acceptors (Lipinski definition) is 4. The van der Waals surface area contributed by atoms with Crippen LogP contribution in [0.25, 0.3) is 10.9 Å². The summed E-state index contributed by atoms with van der Waals surface area (Å²) in [5.74, 6) is 0.119. The minimum Gasteiger partial charge on any atom is -0.379 e. The topological polar surface area (TPSA) is 63.6 Å². The first-order valence-corrected chi connectivity index (χ1v) is 12.8. The molecule has 2 amide bonds. The maximum absolute atomic E-state index is 13.7. The second-order valence-corrected chi connectivity index (χ2v) is 10.0. The molecule has 1 aliphatic heterocycles. The monoisotopic (exact) mass is 479 g/mol. The van der Waals surface area contributed by atoms with E-state index in [1.165, 1.54) is 11.8 Å². The van der Waals surface area contributed by atoms with Crippen LogP contribution in [0.1, 0.15) is 43.0 Å². The number of thioether (sulfide) groups is 1. The number of para-hydroxylation sites is 1. The fraction of sp³-hybridized carbons (Fsp3) is 0.407. The molecular formula is C27H33N3O3S. The Morgan fingerprint density at radius 2 is 1.91 bits per heavy atom. The number of amides is 2. The van der Waals surface area contributed by atoms with Crippen LogP contribution in [-0.2, 0) is 27.9 Å². The van der Waals surface area contributed by atoms with Crippen molar-refractivity contribution in [3.8, 4) is 0 Å². The molecule has 34 heavy (non-hydrogen) atoms. The number of aryl methyl sites for hydroxylation is 2. The lowest BCUT2D eigenvalue weighted by Crippen LogP contribution is -2.43. The highest BCUT2D eigenvalue weighted by molar-refractivity contribution is 8.00. The molecule has 1 aliphatic rings. The van der Waals surface area contributed by atoms with Gasteiger partial charge in [0.1, 0.15) is 6.04 Å². The molecule has 0 radical (unpaired) electrons. The average Bonchev–Trinajstić information content (AvgIpc) is 3.00. The third-order valence-electron chi connectivity index (χ3n) is 6.12. The zero-order valence-corrected chi connectivity index (χ0v) is 21.2. The Kier molecular flexibility index (Phi) is 7.63. The zero-order chi connectivity index (χ0) is 24.2. The van der Waals surface area contributed by atoms with Gasteiger partial charge in [-0.1, -0.05) is 59.8 Å². The van der Waals surface area contributed by atoms with Crippen molar-refractivity contribution >= 4 is 34.5 Å². The highest BCUT2D eigenvalue weighted by Gasteiger charge is 2.38. The molecule has 0 spiro atoms. The van der Waals surface area contributed by atoms with Gasteiger partial charge < -0.3 is 19.5 Å². The summed E-state index contributed by atoms with van der Waals surface area (Å²) >= 11 is 1.51.